The van der Waals surface area contributed by atoms with Gasteiger partial charge in [-0.25, -0.2) is 0 Å². The molecular weight excluding hydrogens is 166 g/mol. The van der Waals surface area contributed by atoms with Crippen molar-refractivity contribution in [1.82, 2.24) is 0 Å². The van der Waals surface area contributed by atoms with E-state index in [4.69, 9.17) is 0 Å². The number of rotatable bonds is 4. The summed E-state index contributed by atoms with van der Waals surface area (Å²) in [5.74, 6) is -0.0160. The maximum Gasteiger partial charge on any atom is 0.165 e. The van der Waals surface area contributed by atoms with Crippen molar-refractivity contribution >= 4 is 11.5 Å². The topological polar surface area (TPSA) is 46.5 Å². The fourth-order valence-corrected chi connectivity index (χ4v) is 1.15. The van der Waals surface area contributed by atoms with E-state index in [1.165, 1.54) is 0 Å². The summed E-state index contributed by atoms with van der Waals surface area (Å²) in [7, 11) is 0. The Morgan fingerprint density at radius 1 is 1.38 bits per heavy atom. The van der Waals surface area contributed by atoms with Crippen LogP contribution in [0.1, 0.15) is 30.1 Å². The molecule has 0 atom stereocenters. The molecule has 0 aliphatic carbocycles. The van der Waals surface area contributed by atoms with Crippen LogP contribution in [0, 0.1) is 4.91 Å². The average Bonchev–Trinajstić information content (AvgIpc) is 2.18. The van der Waals surface area contributed by atoms with Gasteiger partial charge < -0.3 is 0 Å². The number of hydrogen-bond acceptors (Lipinski definition) is 3. The summed E-state index contributed by atoms with van der Waals surface area (Å²) in [6, 6.07) is 6.61. The van der Waals surface area contributed by atoms with E-state index in [1.54, 1.807) is 24.3 Å². The van der Waals surface area contributed by atoms with Gasteiger partial charge in [0.1, 0.15) is 5.69 Å². The molecule has 0 N–H and O–H groups in total. The van der Waals surface area contributed by atoms with E-state index in [0.29, 0.717) is 12.0 Å². The summed E-state index contributed by atoms with van der Waals surface area (Å²) < 4.78 is 0. The lowest BCUT2D eigenvalue weighted by atomic mass is 10.1. The number of nitrogens with zero attached hydrogens (tertiary/aromatic N) is 1. The van der Waals surface area contributed by atoms with Crippen molar-refractivity contribution in [2.24, 2.45) is 5.18 Å². The van der Waals surface area contributed by atoms with Crippen LogP contribution < -0.4 is 0 Å². The van der Waals surface area contributed by atoms with Crippen molar-refractivity contribution in [3.05, 3.63) is 34.7 Å². The summed E-state index contributed by atoms with van der Waals surface area (Å²) in [6.45, 7) is 1.93. The maximum atomic E-state index is 11.4. The first-order valence-corrected chi connectivity index (χ1v) is 4.25. The monoisotopic (exact) mass is 177 g/mol. The summed E-state index contributed by atoms with van der Waals surface area (Å²) >= 11 is 0. The maximum absolute atomic E-state index is 11.4. The Labute approximate surface area is 76.7 Å². The molecule has 1 rings (SSSR count). The molecular formula is C10H11NO2. The lowest BCUT2D eigenvalue weighted by molar-refractivity contribution is 0.0982. The number of hydrogen-bond donors (Lipinski definition) is 0. The molecule has 0 saturated carbocycles. The Balaban J connectivity index is 2.98. The van der Waals surface area contributed by atoms with Gasteiger partial charge in [-0.1, -0.05) is 19.1 Å². The van der Waals surface area contributed by atoms with Gasteiger partial charge in [0.25, 0.3) is 0 Å². The van der Waals surface area contributed by atoms with Crippen LogP contribution in [-0.2, 0) is 0 Å². The van der Waals surface area contributed by atoms with Gasteiger partial charge in [-0.15, -0.1) is 4.91 Å². The Hall–Kier alpha value is -1.51. The molecule has 0 saturated heterocycles. The molecule has 1 aromatic carbocycles. The standard InChI is InChI=1S/C10H11NO2/c1-2-5-10(12)8-6-3-4-7-9(8)11-13/h3-4,6-7H,2,5H2,1H3. The first-order valence-electron chi connectivity index (χ1n) is 4.25. The van der Waals surface area contributed by atoms with Crippen LogP contribution in [0.4, 0.5) is 5.69 Å². The van der Waals surface area contributed by atoms with Gasteiger partial charge in [0.05, 0.1) is 0 Å². The third-order valence-corrected chi connectivity index (χ3v) is 1.78. The predicted octanol–water partition coefficient (Wildman–Crippen LogP) is 3.07. The SMILES string of the molecule is CCCC(=O)c1ccccc1N=O. The van der Waals surface area contributed by atoms with E-state index in [2.05, 4.69) is 5.18 Å². The number of ketones is 1. The van der Waals surface area contributed by atoms with Crippen LogP contribution in [0.2, 0.25) is 0 Å². The van der Waals surface area contributed by atoms with Gasteiger partial charge in [-0.3, -0.25) is 4.79 Å². The van der Waals surface area contributed by atoms with Gasteiger partial charge in [-0.2, -0.15) is 0 Å². The zero-order valence-corrected chi connectivity index (χ0v) is 7.49. The second-order valence-corrected chi connectivity index (χ2v) is 2.78. The third-order valence-electron chi connectivity index (χ3n) is 1.78. The minimum absolute atomic E-state index is 0.0160. The Morgan fingerprint density at radius 3 is 2.69 bits per heavy atom. The number of Topliss-reactive ketones (excluding diaryl/α,β-unsaturated/α-hetero) is 1. The van der Waals surface area contributed by atoms with Crippen LogP contribution in [0.15, 0.2) is 29.4 Å². The van der Waals surface area contributed by atoms with E-state index in [9.17, 15) is 9.70 Å². The molecule has 1 aromatic rings. The smallest absolute Gasteiger partial charge is 0.165 e. The number of nitroso groups, excluding NO2 is 1. The molecule has 3 nitrogen and oxygen atoms in total. The molecule has 0 aliphatic rings. The molecule has 0 spiro atoms. The first-order chi connectivity index (χ1) is 6.29. The fourth-order valence-electron chi connectivity index (χ4n) is 1.15. The molecule has 13 heavy (non-hydrogen) atoms. The van der Waals surface area contributed by atoms with Gasteiger partial charge in [0, 0.05) is 12.0 Å². The highest BCUT2D eigenvalue weighted by atomic mass is 16.3. The summed E-state index contributed by atoms with van der Waals surface area (Å²) in [5.41, 5.74) is 0.667. The van der Waals surface area contributed by atoms with Gasteiger partial charge in [0.2, 0.25) is 0 Å². The Kier molecular flexibility index (Phi) is 3.31. The predicted molar refractivity (Wildman–Crippen MR) is 51.1 cm³/mol. The molecule has 0 aromatic heterocycles. The average molecular weight is 177 g/mol. The highest BCUT2D eigenvalue weighted by Gasteiger charge is 2.09. The minimum Gasteiger partial charge on any atom is -0.294 e. The molecule has 0 heterocycles. The molecule has 0 radical (unpaired) electrons. The van der Waals surface area contributed by atoms with Gasteiger partial charge in [0.15, 0.2) is 5.78 Å². The summed E-state index contributed by atoms with van der Waals surface area (Å²) in [6.07, 6.45) is 1.25. The second kappa shape index (κ2) is 4.50. The van der Waals surface area contributed by atoms with Crippen LogP contribution in [0.5, 0.6) is 0 Å². The normalized spacial score (nSPS) is 9.62. The fraction of sp³-hybridized carbons (Fsp3) is 0.300. The molecule has 3 heteroatoms. The van der Waals surface area contributed by atoms with Crippen molar-refractivity contribution in [1.29, 1.82) is 0 Å². The highest BCUT2D eigenvalue weighted by molar-refractivity contribution is 6.00. The van der Waals surface area contributed by atoms with Crippen LogP contribution in [-0.4, -0.2) is 5.78 Å². The quantitative estimate of drug-likeness (QED) is 0.524. The van der Waals surface area contributed by atoms with Crippen molar-refractivity contribution < 1.29 is 4.79 Å². The van der Waals surface area contributed by atoms with Crippen LogP contribution in [0.3, 0.4) is 0 Å². The van der Waals surface area contributed by atoms with Crippen molar-refractivity contribution in [2.75, 3.05) is 0 Å². The summed E-state index contributed by atoms with van der Waals surface area (Å²) in [4.78, 5) is 21.8. The van der Waals surface area contributed by atoms with E-state index in [0.717, 1.165) is 6.42 Å². The number of benzene rings is 1. The Bertz CT molecular complexity index is 320. The van der Waals surface area contributed by atoms with Gasteiger partial charge in [-0.05, 0) is 23.7 Å². The minimum atomic E-state index is -0.0160. The van der Waals surface area contributed by atoms with Crippen LogP contribution in [0.25, 0.3) is 0 Å². The van der Waals surface area contributed by atoms with Crippen molar-refractivity contribution in [3.63, 3.8) is 0 Å². The lowest BCUT2D eigenvalue weighted by Gasteiger charge is -1.99. The summed E-state index contributed by atoms with van der Waals surface area (Å²) in [5, 5.41) is 2.80. The molecule has 0 unspecified atom stereocenters. The number of carbonyl (C=O) groups is 1. The number of carbonyl (C=O) groups excluding carboxylic acids is 1. The Morgan fingerprint density at radius 2 is 2.08 bits per heavy atom. The molecule has 0 fully saturated rings. The van der Waals surface area contributed by atoms with Gasteiger partial charge >= 0.3 is 0 Å². The lowest BCUT2D eigenvalue weighted by Crippen LogP contribution is -1.97. The molecule has 0 aliphatic heterocycles. The van der Waals surface area contributed by atoms with E-state index >= 15 is 0 Å². The zero-order valence-electron chi connectivity index (χ0n) is 7.49. The molecule has 0 bridgehead atoms. The second-order valence-electron chi connectivity index (χ2n) is 2.78. The highest BCUT2D eigenvalue weighted by Crippen LogP contribution is 2.19. The van der Waals surface area contributed by atoms with E-state index < -0.39 is 0 Å². The molecule has 0 amide bonds. The largest absolute Gasteiger partial charge is 0.294 e. The third kappa shape index (κ3) is 2.21. The van der Waals surface area contributed by atoms with Crippen molar-refractivity contribution in [2.45, 2.75) is 19.8 Å². The molecule has 68 valence electrons. The zero-order chi connectivity index (χ0) is 9.68. The van der Waals surface area contributed by atoms with Crippen LogP contribution >= 0.6 is 0 Å². The van der Waals surface area contributed by atoms with E-state index in [1.807, 2.05) is 6.92 Å². The van der Waals surface area contributed by atoms with E-state index in [-0.39, 0.29) is 11.5 Å². The first kappa shape index (κ1) is 9.58. The van der Waals surface area contributed by atoms with Crippen molar-refractivity contribution in [3.8, 4) is 0 Å².